The van der Waals surface area contributed by atoms with Gasteiger partial charge in [-0.2, -0.15) is 0 Å². The van der Waals surface area contributed by atoms with Crippen molar-refractivity contribution in [2.24, 2.45) is 0 Å². The monoisotopic (exact) mass is 1010 g/mol. The molecular formula is C66H127NO5. The van der Waals surface area contributed by atoms with Crippen LogP contribution in [0.1, 0.15) is 361 Å². The number of allylic oxidation sites excluding steroid dienone is 3. The summed E-state index contributed by atoms with van der Waals surface area (Å²) < 4.78 is 5.50. The topological polar surface area (TPSA) is 95.9 Å². The Hall–Kier alpha value is -1.66. The van der Waals surface area contributed by atoms with Gasteiger partial charge in [-0.05, 0) is 57.8 Å². The number of aliphatic hydroxyl groups excluding tert-OH is 2. The van der Waals surface area contributed by atoms with Gasteiger partial charge in [0.15, 0.2) is 0 Å². The minimum absolute atomic E-state index is 0.0154. The van der Waals surface area contributed by atoms with Crippen molar-refractivity contribution in [2.45, 2.75) is 373 Å². The molecule has 2 unspecified atom stereocenters. The summed E-state index contributed by atoms with van der Waals surface area (Å²) in [5.41, 5.74) is 0. The van der Waals surface area contributed by atoms with Gasteiger partial charge in [-0.15, -0.1) is 0 Å². The van der Waals surface area contributed by atoms with Gasteiger partial charge in [-0.25, -0.2) is 0 Å². The van der Waals surface area contributed by atoms with Crippen molar-refractivity contribution in [1.29, 1.82) is 0 Å². The normalized spacial score (nSPS) is 12.7. The van der Waals surface area contributed by atoms with E-state index in [-0.39, 0.29) is 18.5 Å². The highest BCUT2D eigenvalue weighted by Crippen LogP contribution is 2.18. The second kappa shape index (κ2) is 61.9. The first-order valence-electron chi connectivity index (χ1n) is 32.6. The minimum atomic E-state index is -0.848. The average Bonchev–Trinajstić information content (AvgIpc) is 3.38. The molecule has 0 aromatic heterocycles. The fourth-order valence-electron chi connectivity index (χ4n) is 10.2. The summed E-state index contributed by atoms with van der Waals surface area (Å²) in [5, 5.41) is 23.1. The Morgan fingerprint density at radius 2 is 0.653 bits per heavy atom. The summed E-state index contributed by atoms with van der Waals surface area (Å²) in [5.74, 6) is -0.0570. The maximum atomic E-state index is 12.5. The summed E-state index contributed by atoms with van der Waals surface area (Å²) >= 11 is 0. The highest BCUT2D eigenvalue weighted by Gasteiger charge is 2.18. The van der Waals surface area contributed by atoms with Gasteiger partial charge in [0.25, 0.3) is 0 Å². The van der Waals surface area contributed by atoms with Crippen molar-refractivity contribution in [1.82, 2.24) is 5.32 Å². The molecule has 0 rings (SSSR count). The van der Waals surface area contributed by atoms with E-state index in [1.54, 1.807) is 6.08 Å². The molecule has 6 heteroatoms. The minimum Gasteiger partial charge on any atom is -0.466 e. The first-order valence-corrected chi connectivity index (χ1v) is 32.6. The third kappa shape index (κ3) is 57.6. The van der Waals surface area contributed by atoms with Crippen molar-refractivity contribution in [3.05, 3.63) is 24.3 Å². The van der Waals surface area contributed by atoms with E-state index >= 15 is 0 Å². The van der Waals surface area contributed by atoms with E-state index in [0.717, 1.165) is 44.9 Å². The molecule has 1 amide bonds. The van der Waals surface area contributed by atoms with Gasteiger partial charge < -0.3 is 20.3 Å². The summed E-state index contributed by atoms with van der Waals surface area (Å²) in [7, 11) is 0. The largest absolute Gasteiger partial charge is 0.466 e. The van der Waals surface area contributed by atoms with Crippen molar-refractivity contribution in [3.63, 3.8) is 0 Å². The summed E-state index contributed by atoms with van der Waals surface area (Å²) in [6, 6.07) is -0.632. The van der Waals surface area contributed by atoms with Gasteiger partial charge in [0, 0.05) is 12.8 Å². The van der Waals surface area contributed by atoms with E-state index in [2.05, 4.69) is 31.3 Å². The number of carbonyl (C=O) groups is 2. The second-order valence-corrected chi connectivity index (χ2v) is 22.5. The number of hydrogen-bond acceptors (Lipinski definition) is 5. The number of nitrogens with one attached hydrogen (secondary N) is 1. The lowest BCUT2D eigenvalue weighted by molar-refractivity contribution is -0.143. The van der Waals surface area contributed by atoms with Crippen LogP contribution in [0.4, 0.5) is 0 Å². The van der Waals surface area contributed by atoms with Crippen molar-refractivity contribution < 1.29 is 24.5 Å². The van der Waals surface area contributed by atoms with Gasteiger partial charge in [-0.3, -0.25) is 9.59 Å². The van der Waals surface area contributed by atoms with E-state index in [1.165, 1.54) is 289 Å². The summed E-state index contributed by atoms with van der Waals surface area (Å²) in [6.07, 6.45) is 76.6. The number of hydrogen-bond donors (Lipinski definition) is 3. The maximum Gasteiger partial charge on any atom is 0.305 e. The number of unbranched alkanes of at least 4 members (excludes halogenated alkanes) is 48. The molecular weight excluding hydrogens is 887 g/mol. The number of amides is 1. The zero-order valence-corrected chi connectivity index (χ0v) is 48.7. The summed E-state index contributed by atoms with van der Waals surface area (Å²) in [4.78, 5) is 24.6. The Morgan fingerprint density at radius 1 is 0.375 bits per heavy atom. The highest BCUT2D eigenvalue weighted by molar-refractivity contribution is 5.76. The van der Waals surface area contributed by atoms with Gasteiger partial charge in [-0.1, -0.05) is 314 Å². The zero-order valence-electron chi connectivity index (χ0n) is 48.7. The lowest BCUT2D eigenvalue weighted by Gasteiger charge is -2.20. The molecule has 0 aromatic rings. The first-order chi connectivity index (χ1) is 35.5. The molecule has 0 fully saturated rings. The van der Waals surface area contributed by atoms with E-state index in [1.807, 2.05) is 6.08 Å². The van der Waals surface area contributed by atoms with Crippen molar-refractivity contribution in [2.75, 3.05) is 13.2 Å². The van der Waals surface area contributed by atoms with Gasteiger partial charge in [0.1, 0.15) is 0 Å². The van der Waals surface area contributed by atoms with Crippen LogP contribution in [0.15, 0.2) is 24.3 Å². The molecule has 0 aromatic carbocycles. The Bertz CT molecular complexity index is 1120. The predicted molar refractivity (Wildman–Crippen MR) is 315 cm³/mol. The molecule has 0 aliphatic carbocycles. The molecule has 6 nitrogen and oxygen atoms in total. The van der Waals surface area contributed by atoms with E-state index < -0.39 is 12.1 Å². The summed E-state index contributed by atoms with van der Waals surface area (Å²) in [6.45, 7) is 4.93. The molecule has 0 saturated heterocycles. The van der Waals surface area contributed by atoms with Crippen LogP contribution in [0.3, 0.4) is 0 Å². The van der Waals surface area contributed by atoms with Crippen LogP contribution in [0.25, 0.3) is 0 Å². The molecule has 0 spiro atoms. The Balaban J connectivity index is 3.40. The van der Waals surface area contributed by atoms with E-state index in [9.17, 15) is 19.8 Å². The van der Waals surface area contributed by atoms with Gasteiger partial charge in [0.05, 0.1) is 25.4 Å². The predicted octanol–water partition coefficient (Wildman–Crippen LogP) is 20.6. The number of carbonyl (C=O) groups excluding carboxylic acids is 2. The quantitative estimate of drug-likeness (QED) is 0.0320. The number of aliphatic hydroxyl groups is 2. The molecule has 0 heterocycles. The van der Waals surface area contributed by atoms with Crippen molar-refractivity contribution >= 4 is 11.9 Å². The molecule has 3 N–H and O–H groups in total. The molecule has 426 valence electrons. The number of ether oxygens (including phenoxy) is 1. The molecule has 0 radical (unpaired) electrons. The third-order valence-corrected chi connectivity index (χ3v) is 15.2. The molecule has 2 atom stereocenters. The highest BCUT2D eigenvalue weighted by atomic mass is 16.5. The number of esters is 1. The van der Waals surface area contributed by atoms with Crippen LogP contribution < -0.4 is 5.32 Å². The molecule has 72 heavy (non-hydrogen) atoms. The van der Waals surface area contributed by atoms with Crippen LogP contribution in [0.2, 0.25) is 0 Å². The standard InChI is InChI=1S/C66H127NO5/c1-3-5-7-9-11-13-15-17-19-27-32-36-40-44-48-52-56-60-66(71)72-61-57-53-49-45-41-37-33-29-26-24-22-20-21-23-25-28-31-35-39-43-47-51-55-59-65(70)67-63(62-68)64(69)58-54-50-46-42-38-34-30-18-16-14-12-10-8-6-4-2/h23,25,54,58,63-64,68-69H,3-22,24,26-53,55-57,59-62H2,1-2H3,(H,67,70)/b25-23-,58-54+. The van der Waals surface area contributed by atoms with E-state index in [0.29, 0.717) is 19.4 Å². The number of rotatable bonds is 61. The lowest BCUT2D eigenvalue weighted by Crippen LogP contribution is -2.45. The molecule has 0 saturated carbocycles. The fourth-order valence-corrected chi connectivity index (χ4v) is 10.2. The smallest absolute Gasteiger partial charge is 0.305 e. The maximum absolute atomic E-state index is 12.5. The Labute approximate surface area is 450 Å². The van der Waals surface area contributed by atoms with Crippen LogP contribution in [0, 0.1) is 0 Å². The third-order valence-electron chi connectivity index (χ3n) is 15.2. The zero-order chi connectivity index (χ0) is 52.2. The van der Waals surface area contributed by atoms with Gasteiger partial charge in [0.2, 0.25) is 5.91 Å². The SMILES string of the molecule is CCCCCCCCCCCCCCC/C=C/C(O)C(CO)NC(=O)CCCCCCCCC/C=C\CCCCCCCCCCCCCCOC(=O)CCCCCCCCCCCCCCCCCCC. The van der Waals surface area contributed by atoms with Crippen LogP contribution in [0.5, 0.6) is 0 Å². The molecule has 0 aliphatic heterocycles. The Morgan fingerprint density at radius 3 is 0.986 bits per heavy atom. The fraction of sp³-hybridized carbons (Fsp3) is 0.909. The van der Waals surface area contributed by atoms with Crippen LogP contribution in [-0.2, 0) is 14.3 Å². The second-order valence-electron chi connectivity index (χ2n) is 22.5. The molecule has 0 aliphatic rings. The lowest BCUT2D eigenvalue weighted by atomic mass is 10.0. The van der Waals surface area contributed by atoms with Gasteiger partial charge >= 0.3 is 5.97 Å². The first kappa shape index (κ1) is 70.3. The Kier molecular flexibility index (Phi) is 60.5. The van der Waals surface area contributed by atoms with Crippen molar-refractivity contribution in [3.8, 4) is 0 Å². The van der Waals surface area contributed by atoms with Crippen LogP contribution >= 0.6 is 0 Å². The molecule has 0 bridgehead atoms. The van der Waals surface area contributed by atoms with E-state index in [4.69, 9.17) is 4.74 Å². The average molecular weight is 1010 g/mol. The van der Waals surface area contributed by atoms with Crippen LogP contribution in [-0.4, -0.2) is 47.4 Å².